The lowest BCUT2D eigenvalue weighted by Crippen LogP contribution is -2.38. The summed E-state index contributed by atoms with van der Waals surface area (Å²) in [6.07, 6.45) is -2.01. The van der Waals surface area contributed by atoms with Gasteiger partial charge in [-0.2, -0.15) is 13.2 Å². The molecule has 12 heteroatoms. The number of alkyl halides is 3. The summed E-state index contributed by atoms with van der Waals surface area (Å²) in [7, 11) is 0. The van der Waals surface area contributed by atoms with Crippen molar-refractivity contribution < 1.29 is 32.3 Å². The topological polar surface area (TPSA) is 89.3 Å². The third kappa shape index (κ3) is 5.68. The van der Waals surface area contributed by atoms with Gasteiger partial charge in [0.25, 0.3) is 6.35 Å². The molecule has 0 amide bonds. The van der Waals surface area contributed by atoms with Gasteiger partial charge in [0.05, 0.1) is 18.3 Å². The normalized spacial score (nSPS) is 23.9. The highest BCUT2D eigenvalue weighted by atomic mass is 19.4. The van der Waals surface area contributed by atoms with Gasteiger partial charge < -0.3 is 34.1 Å². The maximum atomic E-state index is 12.7. The monoisotopic (exact) mass is 520 g/mol. The zero-order chi connectivity index (χ0) is 26.2. The quantitative estimate of drug-likeness (QED) is 0.430. The highest BCUT2D eigenvalue weighted by molar-refractivity contribution is 5.49. The van der Waals surface area contributed by atoms with Gasteiger partial charge in [0, 0.05) is 31.6 Å². The molecule has 0 radical (unpaired) electrons. The summed E-state index contributed by atoms with van der Waals surface area (Å²) < 4.78 is 56.0. The van der Waals surface area contributed by atoms with E-state index >= 15 is 0 Å². The Morgan fingerprint density at radius 1 is 1.11 bits per heavy atom. The fourth-order valence-corrected chi connectivity index (χ4v) is 4.71. The van der Waals surface area contributed by atoms with Crippen LogP contribution in [-0.4, -0.2) is 54.1 Å². The molecular formula is C25H27F3N4O5. The first-order chi connectivity index (χ1) is 17.6. The molecule has 2 atom stereocenters. The van der Waals surface area contributed by atoms with E-state index in [1.807, 2.05) is 31.2 Å². The van der Waals surface area contributed by atoms with Crippen molar-refractivity contribution in [3.63, 3.8) is 0 Å². The van der Waals surface area contributed by atoms with E-state index < -0.39 is 28.6 Å². The number of ether oxygens (including phenoxy) is 3. The van der Waals surface area contributed by atoms with Crippen LogP contribution in [0.25, 0.3) is 0 Å². The number of benzene rings is 2. The first-order valence-electron chi connectivity index (χ1n) is 12.0. The van der Waals surface area contributed by atoms with Gasteiger partial charge >= 0.3 is 12.0 Å². The summed E-state index contributed by atoms with van der Waals surface area (Å²) in [5, 5.41) is 13.6. The third-order valence-electron chi connectivity index (χ3n) is 6.64. The Morgan fingerprint density at radius 3 is 2.35 bits per heavy atom. The van der Waals surface area contributed by atoms with E-state index in [9.17, 15) is 23.3 Å². The Labute approximate surface area is 211 Å². The van der Waals surface area contributed by atoms with E-state index in [-0.39, 0.29) is 18.5 Å². The van der Waals surface area contributed by atoms with Crippen molar-refractivity contribution in [3.8, 4) is 11.5 Å². The number of halogens is 3. The third-order valence-corrected chi connectivity index (χ3v) is 6.64. The number of fused-ring (bicyclic) bond motifs is 1. The molecule has 0 aromatic heterocycles. The molecule has 1 N–H and O–H groups in total. The van der Waals surface area contributed by atoms with Crippen molar-refractivity contribution in [3.05, 3.63) is 76.2 Å². The Morgan fingerprint density at radius 2 is 1.76 bits per heavy atom. The van der Waals surface area contributed by atoms with Gasteiger partial charge in [0.2, 0.25) is 0 Å². The zero-order valence-electron chi connectivity index (χ0n) is 20.1. The molecular weight excluding hydrogens is 493 g/mol. The number of anilines is 1. The smallest absolute Gasteiger partial charge is 0.416 e. The van der Waals surface area contributed by atoms with E-state index in [0.717, 1.165) is 43.8 Å². The Kier molecular flexibility index (Phi) is 6.52. The fraction of sp³-hybridized carbons (Fsp3) is 0.440. The number of piperidine rings is 1. The van der Waals surface area contributed by atoms with Crippen LogP contribution < -0.4 is 19.7 Å². The van der Waals surface area contributed by atoms with Crippen molar-refractivity contribution >= 4 is 5.69 Å². The summed E-state index contributed by atoms with van der Waals surface area (Å²) in [5.74, 6) is 1.05. The van der Waals surface area contributed by atoms with Crippen LogP contribution >= 0.6 is 0 Å². The van der Waals surface area contributed by atoms with Crippen LogP contribution in [0.15, 0.2) is 60.6 Å². The Bertz CT molecular complexity index is 1150. The predicted molar refractivity (Wildman–Crippen MR) is 127 cm³/mol. The molecule has 9 nitrogen and oxygen atoms in total. The molecule has 2 fully saturated rings. The summed E-state index contributed by atoms with van der Waals surface area (Å²) in [6.45, 7) is 4.18. The SMILES string of the molecule is C[C@@]1(COc2ccc(N3CCC(Oc4ccc(C(F)(F)F)cc4)CC3)cc2)CN2C=C([N+](=O)[O-])NC2O1. The van der Waals surface area contributed by atoms with Crippen molar-refractivity contribution in [2.24, 2.45) is 0 Å². The predicted octanol–water partition coefficient (Wildman–Crippen LogP) is 4.19. The average molecular weight is 521 g/mol. The second-order valence-electron chi connectivity index (χ2n) is 9.62. The molecule has 37 heavy (non-hydrogen) atoms. The number of nitro groups is 1. The number of nitrogens with one attached hydrogen (secondary N) is 1. The van der Waals surface area contributed by atoms with Gasteiger partial charge in [-0.25, -0.2) is 5.32 Å². The van der Waals surface area contributed by atoms with E-state index in [4.69, 9.17) is 14.2 Å². The molecule has 2 aromatic carbocycles. The number of hydrogen-bond donors (Lipinski definition) is 1. The van der Waals surface area contributed by atoms with Gasteiger partial charge in [0.15, 0.2) is 0 Å². The minimum Gasteiger partial charge on any atom is -0.491 e. The van der Waals surface area contributed by atoms with Crippen LogP contribution in [0.2, 0.25) is 0 Å². The molecule has 5 rings (SSSR count). The molecule has 0 spiro atoms. The Balaban J connectivity index is 1.08. The summed E-state index contributed by atoms with van der Waals surface area (Å²) in [4.78, 5) is 14.4. The maximum Gasteiger partial charge on any atom is 0.416 e. The molecule has 3 aliphatic heterocycles. The van der Waals surface area contributed by atoms with Gasteiger partial charge in [-0.15, -0.1) is 0 Å². The highest BCUT2D eigenvalue weighted by Gasteiger charge is 2.48. The van der Waals surface area contributed by atoms with Crippen LogP contribution in [0, 0.1) is 10.1 Å². The molecule has 3 aliphatic rings. The van der Waals surface area contributed by atoms with Crippen molar-refractivity contribution in [2.45, 2.75) is 44.0 Å². The number of hydrogen-bond acceptors (Lipinski definition) is 8. The van der Waals surface area contributed by atoms with Crippen LogP contribution in [-0.2, 0) is 10.9 Å². The minimum atomic E-state index is -4.36. The summed E-state index contributed by atoms with van der Waals surface area (Å²) in [5.41, 5.74) is -0.261. The maximum absolute atomic E-state index is 12.7. The van der Waals surface area contributed by atoms with Crippen molar-refractivity contribution in [1.82, 2.24) is 10.2 Å². The lowest BCUT2D eigenvalue weighted by molar-refractivity contribution is -0.432. The van der Waals surface area contributed by atoms with Gasteiger partial charge in [0.1, 0.15) is 29.8 Å². The van der Waals surface area contributed by atoms with Crippen molar-refractivity contribution in [1.29, 1.82) is 0 Å². The molecule has 1 unspecified atom stereocenters. The summed E-state index contributed by atoms with van der Waals surface area (Å²) >= 11 is 0. The molecule has 198 valence electrons. The van der Waals surface area contributed by atoms with Gasteiger partial charge in [-0.05, 0) is 60.4 Å². The van der Waals surface area contributed by atoms with E-state index in [2.05, 4.69) is 10.2 Å². The minimum absolute atomic E-state index is 0.0521. The lowest BCUT2D eigenvalue weighted by Gasteiger charge is -2.34. The zero-order valence-corrected chi connectivity index (χ0v) is 20.1. The lowest BCUT2D eigenvalue weighted by atomic mass is 10.1. The molecule has 0 saturated carbocycles. The standard InChI is InChI=1S/C25H27F3N4O5/c1-24(15-31-14-22(32(33)34)29-23(31)37-24)16-35-19-8-4-18(5-9-19)30-12-10-21(11-13-30)36-20-6-2-17(3-7-20)25(26,27)28/h2-9,14,21,23,29H,10-13,15-16H2,1H3/t23?,24-/m0/s1. The fourth-order valence-electron chi connectivity index (χ4n) is 4.71. The molecule has 2 aromatic rings. The molecule has 0 bridgehead atoms. The highest BCUT2D eigenvalue weighted by Crippen LogP contribution is 2.32. The first kappa shape index (κ1) is 25.0. The molecule has 2 saturated heterocycles. The van der Waals surface area contributed by atoms with Crippen LogP contribution in [0.1, 0.15) is 25.3 Å². The van der Waals surface area contributed by atoms with Crippen LogP contribution in [0.4, 0.5) is 18.9 Å². The average Bonchev–Trinajstić information content (AvgIpc) is 3.39. The number of rotatable bonds is 7. The van der Waals surface area contributed by atoms with E-state index in [0.29, 0.717) is 18.0 Å². The van der Waals surface area contributed by atoms with E-state index in [1.54, 1.807) is 4.90 Å². The number of nitrogens with zero attached hydrogens (tertiary/aromatic N) is 3. The van der Waals surface area contributed by atoms with Crippen LogP contribution in [0.5, 0.6) is 11.5 Å². The second kappa shape index (κ2) is 9.66. The van der Waals surface area contributed by atoms with Gasteiger partial charge in [-0.3, -0.25) is 0 Å². The van der Waals surface area contributed by atoms with E-state index in [1.165, 1.54) is 18.3 Å². The molecule has 3 heterocycles. The second-order valence-corrected chi connectivity index (χ2v) is 9.62. The first-order valence-corrected chi connectivity index (χ1v) is 12.0. The largest absolute Gasteiger partial charge is 0.491 e. The van der Waals surface area contributed by atoms with Gasteiger partial charge in [-0.1, -0.05) is 0 Å². The Hall–Kier alpha value is -3.67. The molecule has 0 aliphatic carbocycles. The summed E-state index contributed by atoms with van der Waals surface area (Å²) in [6, 6.07) is 12.6. The van der Waals surface area contributed by atoms with Crippen LogP contribution in [0.3, 0.4) is 0 Å². The van der Waals surface area contributed by atoms with Crippen molar-refractivity contribution in [2.75, 3.05) is 31.1 Å².